The molecule has 0 aliphatic carbocycles. The molecule has 0 bridgehead atoms. The predicted octanol–water partition coefficient (Wildman–Crippen LogP) is 5.49. The molecule has 0 saturated carbocycles. The summed E-state index contributed by atoms with van der Waals surface area (Å²) in [5.41, 5.74) is 5.59. The molecular weight excluding hydrogens is 659 g/mol. The molecule has 0 fully saturated rings. The lowest BCUT2D eigenvalue weighted by Crippen LogP contribution is -2.16. The van der Waals surface area contributed by atoms with E-state index in [4.69, 9.17) is 14.2 Å². The van der Waals surface area contributed by atoms with Gasteiger partial charge in [0.2, 0.25) is 11.8 Å². The molecule has 0 aromatic heterocycles. The second kappa shape index (κ2) is 16.6. The summed E-state index contributed by atoms with van der Waals surface area (Å²) < 4.78 is 21.1. The Hall–Kier alpha value is -3.57. The molecule has 0 spiro atoms. The lowest BCUT2D eigenvalue weighted by atomic mass is 10.1. The summed E-state index contributed by atoms with van der Waals surface area (Å²) in [6.07, 6.45) is 0. The third-order valence-electron chi connectivity index (χ3n) is 4.79. The number of ether oxygens (including phenoxy) is 4. The average molecular weight is 697 g/mol. The van der Waals surface area contributed by atoms with Crippen LogP contribution in [0.3, 0.4) is 0 Å². The molecule has 0 aliphatic rings. The van der Waals surface area contributed by atoms with Gasteiger partial charge < -0.3 is 29.6 Å². The minimum atomic E-state index is -1.61. The van der Waals surface area contributed by atoms with Crippen LogP contribution in [0, 0.1) is 15.0 Å². The Morgan fingerprint density at radius 2 is 1.22 bits per heavy atom. The van der Waals surface area contributed by atoms with Gasteiger partial charge >= 0.3 is 11.9 Å². The fraction of sp³-hybridized carbons (Fsp3) is 0.379. The Labute approximate surface area is 256 Å². The van der Waals surface area contributed by atoms with Crippen molar-refractivity contribution in [2.24, 2.45) is 0 Å². The highest BCUT2D eigenvalue weighted by molar-refractivity contribution is 14.1. The van der Waals surface area contributed by atoms with Crippen molar-refractivity contribution < 1.29 is 38.1 Å². The molecule has 41 heavy (non-hydrogen) atoms. The number of carbonyl (C=O) groups excluding carboxylic acids is 4. The summed E-state index contributed by atoms with van der Waals surface area (Å²) in [5.74, 6) is 2.48. The maximum absolute atomic E-state index is 12.0. The Morgan fingerprint density at radius 1 is 0.780 bits per heavy atom. The van der Waals surface area contributed by atoms with Crippen LogP contribution in [0.15, 0.2) is 24.3 Å². The zero-order valence-electron chi connectivity index (χ0n) is 24.9. The van der Waals surface area contributed by atoms with Crippen LogP contribution in [0.4, 0.5) is 11.4 Å². The number of hydrogen-bond acceptors (Lipinski definition) is 8. The van der Waals surface area contributed by atoms with Gasteiger partial charge in [0, 0.05) is 35.1 Å². The summed E-state index contributed by atoms with van der Waals surface area (Å²) in [4.78, 5) is 46.1. The molecular formula is C29H37IN2O8Si. The van der Waals surface area contributed by atoms with Gasteiger partial charge in [0.25, 0.3) is 0 Å². The highest BCUT2D eigenvalue weighted by atomic mass is 127. The normalized spacial score (nSPS) is 10.1. The molecule has 0 saturated heterocycles. The van der Waals surface area contributed by atoms with E-state index in [2.05, 4.69) is 46.5 Å². The Balaban J connectivity index is 0.000000422. The summed E-state index contributed by atoms with van der Waals surface area (Å²) in [5, 5.41) is 5.41. The zero-order valence-corrected chi connectivity index (χ0v) is 28.0. The second-order valence-corrected chi connectivity index (χ2v) is 15.3. The number of rotatable bonds is 8. The van der Waals surface area contributed by atoms with Crippen molar-refractivity contribution in [3.63, 3.8) is 0 Å². The maximum atomic E-state index is 12.0. The van der Waals surface area contributed by atoms with Crippen LogP contribution in [0.1, 0.15) is 54.0 Å². The first-order chi connectivity index (χ1) is 19.2. The van der Waals surface area contributed by atoms with Gasteiger partial charge in [0.05, 0.1) is 38.8 Å². The van der Waals surface area contributed by atoms with Gasteiger partial charge in [-0.15, -0.1) is 5.54 Å². The van der Waals surface area contributed by atoms with Crippen molar-refractivity contribution in [3.05, 3.63) is 44.5 Å². The summed E-state index contributed by atoms with van der Waals surface area (Å²) in [6, 6.07) is 6.47. The quantitative estimate of drug-likeness (QED) is 0.161. The van der Waals surface area contributed by atoms with Crippen LogP contribution in [0.5, 0.6) is 11.5 Å². The SMILES string of the molecule is CCOc1cc(NC(C)=O)c(C#C[Si](C)(C)C)cc1C(=O)OC.CCOc1cc(NC(C)=O)c(I)cc1C(=O)OC. The molecule has 10 nitrogen and oxygen atoms in total. The summed E-state index contributed by atoms with van der Waals surface area (Å²) >= 11 is 2.04. The molecule has 0 heterocycles. The zero-order chi connectivity index (χ0) is 31.3. The number of halogens is 1. The number of amides is 2. The van der Waals surface area contributed by atoms with Gasteiger partial charge in [-0.05, 0) is 48.6 Å². The number of methoxy groups -OCH3 is 2. The van der Waals surface area contributed by atoms with Crippen LogP contribution < -0.4 is 20.1 Å². The molecule has 2 aromatic carbocycles. The Morgan fingerprint density at radius 3 is 1.63 bits per heavy atom. The highest BCUT2D eigenvalue weighted by Crippen LogP contribution is 2.30. The molecule has 0 atom stereocenters. The number of benzene rings is 2. The van der Waals surface area contributed by atoms with Gasteiger partial charge in [-0.1, -0.05) is 25.6 Å². The highest BCUT2D eigenvalue weighted by Gasteiger charge is 2.19. The smallest absolute Gasteiger partial charge is 0.341 e. The minimum Gasteiger partial charge on any atom is -0.493 e. The second-order valence-electron chi connectivity index (χ2n) is 9.43. The molecule has 0 aliphatic heterocycles. The standard InChI is InChI=1S/C17H23NO4Si.C12H14INO4/c1-7-22-16-11-15(18-12(2)19)13(8-9-23(4,5)6)10-14(16)17(20)21-3;1-4-18-11-6-10(14-7(2)15)9(13)5-8(11)12(16)17-3/h10-11H,7H2,1-6H3,(H,18,19);5-6H,4H2,1-3H3,(H,14,15). The molecule has 0 unspecified atom stereocenters. The van der Waals surface area contributed by atoms with Crippen molar-refractivity contribution in [2.75, 3.05) is 38.1 Å². The topological polar surface area (TPSA) is 129 Å². The number of carbonyl (C=O) groups is 4. The number of esters is 2. The fourth-order valence-electron chi connectivity index (χ4n) is 3.16. The monoisotopic (exact) mass is 696 g/mol. The average Bonchev–Trinajstić information content (AvgIpc) is 2.88. The van der Waals surface area contributed by atoms with E-state index in [0.717, 1.165) is 3.57 Å². The van der Waals surface area contributed by atoms with E-state index < -0.39 is 20.0 Å². The van der Waals surface area contributed by atoms with Gasteiger partial charge in [-0.25, -0.2) is 9.59 Å². The van der Waals surface area contributed by atoms with Crippen LogP contribution in [-0.2, 0) is 19.1 Å². The Bertz CT molecular complexity index is 1340. The van der Waals surface area contributed by atoms with E-state index in [1.54, 1.807) is 24.3 Å². The van der Waals surface area contributed by atoms with Gasteiger partial charge in [0.1, 0.15) is 30.7 Å². The van der Waals surface area contributed by atoms with Crippen LogP contribution in [0.25, 0.3) is 0 Å². The largest absolute Gasteiger partial charge is 0.493 e. The van der Waals surface area contributed by atoms with E-state index in [1.165, 1.54) is 28.1 Å². The molecule has 2 aromatic rings. The molecule has 222 valence electrons. The molecule has 2 amide bonds. The first-order valence-electron chi connectivity index (χ1n) is 12.7. The van der Waals surface area contributed by atoms with E-state index in [1.807, 2.05) is 36.4 Å². The molecule has 2 rings (SSSR count). The fourth-order valence-corrected chi connectivity index (χ4v) is 4.27. The van der Waals surface area contributed by atoms with E-state index in [0.29, 0.717) is 52.8 Å². The maximum Gasteiger partial charge on any atom is 0.341 e. The van der Waals surface area contributed by atoms with Crippen LogP contribution in [-0.4, -0.2) is 59.3 Å². The first-order valence-corrected chi connectivity index (χ1v) is 17.3. The summed E-state index contributed by atoms with van der Waals surface area (Å²) in [7, 11) is 1.02. The van der Waals surface area contributed by atoms with Crippen molar-refractivity contribution in [2.45, 2.75) is 47.3 Å². The molecule has 0 radical (unpaired) electrons. The van der Waals surface area contributed by atoms with Crippen molar-refractivity contribution in [1.82, 2.24) is 0 Å². The lowest BCUT2D eigenvalue weighted by Gasteiger charge is -2.14. The summed E-state index contributed by atoms with van der Waals surface area (Å²) in [6.45, 7) is 13.6. The van der Waals surface area contributed by atoms with Gasteiger partial charge in [-0.3, -0.25) is 9.59 Å². The number of hydrogen-bond donors (Lipinski definition) is 2. The van der Waals surface area contributed by atoms with E-state index in [-0.39, 0.29) is 11.8 Å². The van der Waals surface area contributed by atoms with Crippen LogP contribution >= 0.6 is 22.6 Å². The van der Waals surface area contributed by atoms with Crippen molar-refractivity contribution in [3.8, 4) is 23.0 Å². The number of nitrogens with one attached hydrogen (secondary N) is 2. The van der Waals surface area contributed by atoms with Crippen molar-refractivity contribution in [1.29, 1.82) is 0 Å². The van der Waals surface area contributed by atoms with Gasteiger partial charge in [-0.2, -0.15) is 0 Å². The Kier molecular flexibility index (Phi) is 14.4. The first kappa shape index (κ1) is 35.5. The predicted molar refractivity (Wildman–Crippen MR) is 169 cm³/mol. The molecule has 12 heteroatoms. The van der Waals surface area contributed by atoms with E-state index in [9.17, 15) is 19.2 Å². The van der Waals surface area contributed by atoms with Crippen LogP contribution in [0.2, 0.25) is 19.6 Å². The van der Waals surface area contributed by atoms with E-state index >= 15 is 0 Å². The lowest BCUT2D eigenvalue weighted by molar-refractivity contribution is -0.115. The third-order valence-corrected chi connectivity index (χ3v) is 6.56. The molecule has 2 N–H and O–H groups in total. The van der Waals surface area contributed by atoms with Crippen molar-refractivity contribution >= 4 is 65.8 Å². The minimum absolute atomic E-state index is 0.179. The third kappa shape index (κ3) is 11.8. The number of anilines is 2. The van der Waals surface area contributed by atoms with Gasteiger partial charge in [0.15, 0.2) is 0 Å².